The first kappa shape index (κ1) is 12.3. The number of nitrogens with zero attached hydrogens (tertiary/aromatic N) is 1. The zero-order valence-corrected chi connectivity index (χ0v) is 10.8. The van der Waals surface area contributed by atoms with Crippen molar-refractivity contribution in [2.75, 3.05) is 0 Å². The molecule has 0 saturated carbocycles. The van der Waals surface area contributed by atoms with E-state index in [0.29, 0.717) is 6.42 Å². The van der Waals surface area contributed by atoms with Crippen molar-refractivity contribution in [3.8, 4) is 0 Å². The third-order valence-corrected chi connectivity index (χ3v) is 3.95. The molecule has 0 spiro atoms. The van der Waals surface area contributed by atoms with Gasteiger partial charge in [-0.15, -0.1) is 11.3 Å². The topological polar surface area (TPSA) is 68.0 Å². The third-order valence-electron chi connectivity index (χ3n) is 2.86. The van der Waals surface area contributed by atoms with E-state index in [9.17, 15) is 4.79 Å². The minimum absolute atomic E-state index is 0.00808. The van der Waals surface area contributed by atoms with E-state index in [2.05, 4.69) is 10.3 Å². The van der Waals surface area contributed by atoms with Gasteiger partial charge in [-0.05, 0) is 20.3 Å². The number of carbonyl (C=O) groups excluding carboxylic acids is 1. The van der Waals surface area contributed by atoms with Crippen LogP contribution in [-0.4, -0.2) is 16.9 Å². The molecule has 4 nitrogen and oxygen atoms in total. The van der Waals surface area contributed by atoms with Gasteiger partial charge < -0.3 is 11.1 Å². The van der Waals surface area contributed by atoms with Gasteiger partial charge in [0.25, 0.3) is 0 Å². The Morgan fingerprint density at radius 3 is 2.88 bits per heavy atom. The van der Waals surface area contributed by atoms with Gasteiger partial charge in [0.1, 0.15) is 5.01 Å². The van der Waals surface area contributed by atoms with Crippen LogP contribution in [0.25, 0.3) is 0 Å². The van der Waals surface area contributed by atoms with Crippen LogP contribution in [0.5, 0.6) is 0 Å². The predicted molar refractivity (Wildman–Crippen MR) is 68.5 cm³/mol. The lowest BCUT2D eigenvalue weighted by Crippen LogP contribution is -2.43. The van der Waals surface area contributed by atoms with E-state index in [1.807, 2.05) is 31.4 Å². The largest absolute Gasteiger partial charge is 0.344 e. The lowest BCUT2D eigenvalue weighted by molar-refractivity contribution is -0.125. The highest BCUT2D eigenvalue weighted by Gasteiger charge is 2.30. The summed E-state index contributed by atoms with van der Waals surface area (Å²) in [4.78, 5) is 16.3. The van der Waals surface area contributed by atoms with Crippen molar-refractivity contribution in [2.24, 2.45) is 11.7 Å². The number of hydrogen-bond acceptors (Lipinski definition) is 4. The van der Waals surface area contributed by atoms with Gasteiger partial charge in [0.05, 0.1) is 11.5 Å². The van der Waals surface area contributed by atoms with Crippen molar-refractivity contribution < 1.29 is 4.79 Å². The maximum Gasteiger partial charge on any atom is 0.227 e. The second-order valence-electron chi connectivity index (χ2n) is 4.84. The summed E-state index contributed by atoms with van der Waals surface area (Å²) in [5.74, 6) is -0.0846. The Hall–Kier alpha value is -1.20. The minimum Gasteiger partial charge on any atom is -0.344 e. The summed E-state index contributed by atoms with van der Waals surface area (Å²) in [6.45, 7) is 3.92. The van der Waals surface area contributed by atoms with E-state index >= 15 is 0 Å². The summed E-state index contributed by atoms with van der Waals surface area (Å²) in [6, 6.07) is 0.00808. The first-order valence-electron chi connectivity index (χ1n) is 5.65. The number of carbonyl (C=O) groups is 1. The summed E-state index contributed by atoms with van der Waals surface area (Å²) in [6.07, 6.45) is 6.22. The van der Waals surface area contributed by atoms with Crippen LogP contribution in [0.3, 0.4) is 0 Å². The smallest absolute Gasteiger partial charge is 0.227 e. The first-order chi connectivity index (χ1) is 7.99. The molecule has 92 valence electrons. The van der Waals surface area contributed by atoms with Crippen LogP contribution in [0.4, 0.5) is 0 Å². The Balaban J connectivity index is 2.01. The van der Waals surface area contributed by atoms with E-state index in [4.69, 9.17) is 5.73 Å². The monoisotopic (exact) mass is 251 g/mol. The van der Waals surface area contributed by atoms with E-state index in [0.717, 1.165) is 5.01 Å². The van der Waals surface area contributed by atoms with Crippen molar-refractivity contribution in [1.29, 1.82) is 0 Å². The highest BCUT2D eigenvalue weighted by Crippen LogP contribution is 2.24. The molecule has 0 saturated heterocycles. The second-order valence-corrected chi connectivity index (χ2v) is 5.74. The second kappa shape index (κ2) is 4.58. The standard InChI is InChI=1S/C12H17N3OS/c1-12(2,11-14-5-6-17-11)15-10(16)8-3-4-9(13)7-8/h3-6,8-9H,7,13H2,1-2H3,(H,15,16). The van der Waals surface area contributed by atoms with E-state index in [1.165, 1.54) is 0 Å². The zero-order valence-electron chi connectivity index (χ0n) is 10.0. The van der Waals surface area contributed by atoms with Gasteiger partial charge in [0.2, 0.25) is 5.91 Å². The van der Waals surface area contributed by atoms with Crippen LogP contribution < -0.4 is 11.1 Å². The van der Waals surface area contributed by atoms with E-state index in [-0.39, 0.29) is 17.9 Å². The molecule has 1 aromatic rings. The number of thiazole rings is 1. The molecule has 1 aliphatic carbocycles. The van der Waals surface area contributed by atoms with Gasteiger partial charge in [-0.2, -0.15) is 0 Å². The molecule has 0 fully saturated rings. The molecular weight excluding hydrogens is 234 g/mol. The average Bonchev–Trinajstić information content (AvgIpc) is 2.86. The molecular formula is C12H17N3OS. The Kier molecular flexibility index (Phi) is 3.31. The average molecular weight is 251 g/mol. The molecule has 5 heteroatoms. The Morgan fingerprint density at radius 2 is 2.35 bits per heavy atom. The van der Waals surface area contributed by atoms with Crippen molar-refractivity contribution in [3.63, 3.8) is 0 Å². The number of nitrogens with one attached hydrogen (secondary N) is 1. The molecule has 17 heavy (non-hydrogen) atoms. The van der Waals surface area contributed by atoms with Gasteiger partial charge >= 0.3 is 0 Å². The summed E-state index contributed by atoms with van der Waals surface area (Å²) in [5, 5.41) is 5.85. The summed E-state index contributed by atoms with van der Waals surface area (Å²) < 4.78 is 0. The lowest BCUT2D eigenvalue weighted by atomic mass is 10.0. The van der Waals surface area contributed by atoms with Crippen LogP contribution in [0.2, 0.25) is 0 Å². The molecule has 0 aromatic carbocycles. The molecule has 1 amide bonds. The molecule has 0 aliphatic heterocycles. The Labute approximate surface area is 105 Å². The zero-order chi connectivity index (χ0) is 12.5. The molecule has 1 aliphatic rings. The normalized spacial score (nSPS) is 23.9. The van der Waals surface area contributed by atoms with Gasteiger partial charge in [-0.1, -0.05) is 12.2 Å². The van der Waals surface area contributed by atoms with Gasteiger partial charge in [-0.25, -0.2) is 4.98 Å². The fourth-order valence-electron chi connectivity index (χ4n) is 1.91. The van der Waals surface area contributed by atoms with E-state index in [1.54, 1.807) is 17.5 Å². The lowest BCUT2D eigenvalue weighted by Gasteiger charge is -2.25. The Bertz CT molecular complexity index is 425. The summed E-state index contributed by atoms with van der Waals surface area (Å²) in [5.41, 5.74) is 5.32. The summed E-state index contributed by atoms with van der Waals surface area (Å²) in [7, 11) is 0. The number of amides is 1. The highest BCUT2D eigenvalue weighted by atomic mass is 32.1. The minimum atomic E-state index is -0.425. The van der Waals surface area contributed by atoms with Crippen LogP contribution in [0, 0.1) is 5.92 Å². The van der Waals surface area contributed by atoms with Gasteiger partial charge in [-0.3, -0.25) is 4.79 Å². The number of rotatable bonds is 3. The summed E-state index contributed by atoms with van der Waals surface area (Å²) >= 11 is 1.55. The molecule has 2 atom stereocenters. The van der Waals surface area contributed by atoms with Gasteiger partial charge in [0.15, 0.2) is 0 Å². The fourth-order valence-corrected chi connectivity index (χ4v) is 2.63. The van der Waals surface area contributed by atoms with Crippen molar-refractivity contribution in [1.82, 2.24) is 10.3 Å². The molecule has 0 bridgehead atoms. The number of hydrogen-bond donors (Lipinski definition) is 2. The van der Waals surface area contributed by atoms with Gasteiger partial charge in [0, 0.05) is 17.6 Å². The van der Waals surface area contributed by atoms with Crippen LogP contribution in [0.15, 0.2) is 23.7 Å². The molecule has 2 rings (SSSR count). The van der Waals surface area contributed by atoms with E-state index < -0.39 is 5.54 Å². The Morgan fingerprint density at radius 1 is 1.59 bits per heavy atom. The number of aromatic nitrogens is 1. The quantitative estimate of drug-likeness (QED) is 0.798. The molecule has 3 N–H and O–H groups in total. The molecule has 1 heterocycles. The van der Waals surface area contributed by atoms with Crippen molar-refractivity contribution in [3.05, 3.63) is 28.7 Å². The maximum atomic E-state index is 12.1. The fraction of sp³-hybridized carbons (Fsp3) is 0.500. The van der Waals surface area contributed by atoms with Crippen LogP contribution in [-0.2, 0) is 10.3 Å². The van der Waals surface area contributed by atoms with Crippen LogP contribution in [0.1, 0.15) is 25.3 Å². The van der Waals surface area contributed by atoms with Crippen molar-refractivity contribution >= 4 is 17.2 Å². The number of nitrogens with two attached hydrogens (primary N) is 1. The van der Waals surface area contributed by atoms with Crippen LogP contribution >= 0.6 is 11.3 Å². The predicted octanol–water partition coefficient (Wildman–Crippen LogP) is 1.40. The molecule has 0 radical (unpaired) electrons. The first-order valence-corrected chi connectivity index (χ1v) is 6.53. The third kappa shape index (κ3) is 2.73. The van der Waals surface area contributed by atoms with Crippen molar-refractivity contribution in [2.45, 2.75) is 31.8 Å². The SMILES string of the molecule is CC(C)(NC(=O)C1C=CC(N)C1)c1nccs1. The maximum absolute atomic E-state index is 12.1. The highest BCUT2D eigenvalue weighted by molar-refractivity contribution is 7.09. The molecule has 2 unspecified atom stereocenters. The molecule has 1 aromatic heterocycles.